The van der Waals surface area contributed by atoms with Crippen molar-refractivity contribution in [2.75, 3.05) is 0 Å². The Hall–Kier alpha value is -2.77. The summed E-state index contributed by atoms with van der Waals surface area (Å²) in [5, 5.41) is 7.21. The molecule has 0 unspecified atom stereocenters. The maximum Gasteiger partial charge on any atom is 0.238 e. The van der Waals surface area contributed by atoms with Gasteiger partial charge >= 0.3 is 0 Å². The molecule has 132 valence electrons. The Morgan fingerprint density at radius 3 is 2.50 bits per heavy atom. The third-order valence-corrected chi connectivity index (χ3v) is 5.58. The Labute approximate surface area is 151 Å². The fourth-order valence-electron chi connectivity index (χ4n) is 3.24. The van der Waals surface area contributed by atoms with E-state index in [2.05, 4.69) is 21.5 Å². The van der Waals surface area contributed by atoms with Crippen LogP contribution in [-0.4, -0.2) is 23.0 Å². The number of nitrogens with two attached hydrogens (primary N) is 1. The lowest BCUT2D eigenvalue weighted by Gasteiger charge is -2.17. The number of sulfonamides is 1. The maximum atomic E-state index is 11.5. The van der Waals surface area contributed by atoms with Gasteiger partial charge in [-0.25, -0.2) is 23.5 Å². The average molecular weight is 366 g/mol. The number of aromatic nitrogens is 3. The quantitative estimate of drug-likeness (QED) is 0.603. The molecule has 3 aromatic heterocycles. The minimum atomic E-state index is -3.69. The number of hydrogen-bond acceptors (Lipinski definition) is 4. The summed E-state index contributed by atoms with van der Waals surface area (Å²) in [5.41, 5.74) is 3.69. The van der Waals surface area contributed by atoms with Crippen molar-refractivity contribution in [3.05, 3.63) is 66.1 Å². The number of nitrogens with zero attached hydrogens (tertiary/aromatic N) is 3. The SMILES string of the molecule is Cc1ccc2c(ncc3ccn([C@H](C)c4ccc(S(N)(=O)=O)cc4)c32)n1. The van der Waals surface area contributed by atoms with Crippen molar-refractivity contribution >= 4 is 32.0 Å². The smallest absolute Gasteiger partial charge is 0.238 e. The van der Waals surface area contributed by atoms with Crippen LogP contribution in [0.1, 0.15) is 24.2 Å². The van der Waals surface area contributed by atoms with Gasteiger partial charge in [0.25, 0.3) is 0 Å². The first-order valence-electron chi connectivity index (χ1n) is 8.20. The maximum absolute atomic E-state index is 11.5. The molecule has 0 bridgehead atoms. The van der Waals surface area contributed by atoms with Gasteiger partial charge in [0.2, 0.25) is 10.0 Å². The van der Waals surface area contributed by atoms with Crippen molar-refractivity contribution < 1.29 is 8.42 Å². The highest BCUT2D eigenvalue weighted by atomic mass is 32.2. The lowest BCUT2D eigenvalue weighted by molar-refractivity contribution is 0.597. The monoisotopic (exact) mass is 366 g/mol. The lowest BCUT2D eigenvalue weighted by Crippen LogP contribution is -2.12. The molecule has 2 N–H and O–H groups in total. The van der Waals surface area contributed by atoms with Crippen LogP contribution in [0.15, 0.2) is 59.8 Å². The van der Waals surface area contributed by atoms with E-state index in [0.29, 0.717) is 5.65 Å². The van der Waals surface area contributed by atoms with Crippen molar-refractivity contribution in [2.24, 2.45) is 5.14 Å². The van der Waals surface area contributed by atoms with Crippen molar-refractivity contribution in [3.63, 3.8) is 0 Å². The van der Waals surface area contributed by atoms with E-state index in [1.54, 1.807) is 12.1 Å². The van der Waals surface area contributed by atoms with E-state index in [9.17, 15) is 8.42 Å². The second-order valence-corrected chi connectivity index (χ2v) is 7.96. The summed E-state index contributed by atoms with van der Waals surface area (Å²) in [4.78, 5) is 9.07. The molecule has 0 radical (unpaired) electrons. The summed E-state index contributed by atoms with van der Waals surface area (Å²) < 4.78 is 25.1. The van der Waals surface area contributed by atoms with Gasteiger partial charge in [-0.2, -0.15) is 0 Å². The van der Waals surface area contributed by atoms with Crippen LogP contribution in [0.4, 0.5) is 0 Å². The van der Waals surface area contributed by atoms with Gasteiger partial charge in [0.1, 0.15) is 0 Å². The Morgan fingerprint density at radius 2 is 1.81 bits per heavy atom. The molecule has 7 heteroatoms. The molecule has 0 saturated carbocycles. The molecule has 1 aromatic carbocycles. The third kappa shape index (κ3) is 2.75. The molecular formula is C19H18N4O2S. The molecule has 3 heterocycles. The van der Waals surface area contributed by atoms with Crippen LogP contribution >= 0.6 is 0 Å². The number of benzene rings is 1. The summed E-state index contributed by atoms with van der Waals surface area (Å²) in [7, 11) is -3.69. The van der Waals surface area contributed by atoms with E-state index in [-0.39, 0.29) is 10.9 Å². The van der Waals surface area contributed by atoms with E-state index in [1.807, 2.05) is 37.5 Å². The van der Waals surface area contributed by atoms with Crippen LogP contribution in [-0.2, 0) is 10.0 Å². The predicted molar refractivity (Wildman–Crippen MR) is 101 cm³/mol. The molecule has 0 amide bonds. The second kappa shape index (κ2) is 5.89. The largest absolute Gasteiger partial charge is 0.340 e. The zero-order valence-electron chi connectivity index (χ0n) is 14.4. The first-order valence-corrected chi connectivity index (χ1v) is 9.75. The Kier molecular flexibility index (Phi) is 3.78. The number of primary sulfonamides is 1. The molecule has 0 aliphatic carbocycles. The average Bonchev–Trinajstić information content (AvgIpc) is 3.04. The molecule has 6 nitrogen and oxygen atoms in total. The molecule has 0 saturated heterocycles. The van der Waals surface area contributed by atoms with Crippen LogP contribution in [0, 0.1) is 6.92 Å². The van der Waals surface area contributed by atoms with Crippen molar-refractivity contribution in [2.45, 2.75) is 24.8 Å². The predicted octanol–water partition coefficient (Wildman–Crippen LogP) is 3.15. The fraction of sp³-hybridized carbons (Fsp3) is 0.158. The first-order chi connectivity index (χ1) is 12.3. The standard InChI is InChI=1S/C19H18N4O2S/c1-12-3-8-17-18-15(11-21-19(17)22-12)9-10-23(18)13(2)14-4-6-16(7-5-14)26(20,24)25/h3-11,13H,1-2H3,(H2,20,24,25)/t13-/m1/s1. The molecule has 0 fully saturated rings. The van der Waals surface area contributed by atoms with Crippen LogP contribution in [0.3, 0.4) is 0 Å². The minimum absolute atomic E-state index is 0.00827. The summed E-state index contributed by atoms with van der Waals surface area (Å²) in [6, 6.07) is 12.7. The molecule has 26 heavy (non-hydrogen) atoms. The number of fused-ring (bicyclic) bond motifs is 3. The zero-order chi connectivity index (χ0) is 18.5. The number of pyridine rings is 2. The van der Waals surface area contributed by atoms with Crippen LogP contribution in [0.5, 0.6) is 0 Å². The third-order valence-electron chi connectivity index (χ3n) is 4.65. The van der Waals surface area contributed by atoms with Crippen molar-refractivity contribution in [1.82, 2.24) is 14.5 Å². The Morgan fingerprint density at radius 1 is 1.08 bits per heavy atom. The van der Waals surface area contributed by atoms with E-state index in [0.717, 1.165) is 27.5 Å². The highest BCUT2D eigenvalue weighted by Crippen LogP contribution is 2.29. The van der Waals surface area contributed by atoms with E-state index >= 15 is 0 Å². The molecular weight excluding hydrogens is 348 g/mol. The van der Waals surface area contributed by atoms with Gasteiger partial charge in [-0.1, -0.05) is 12.1 Å². The van der Waals surface area contributed by atoms with Gasteiger partial charge in [-0.15, -0.1) is 0 Å². The second-order valence-electron chi connectivity index (χ2n) is 6.40. The van der Waals surface area contributed by atoms with E-state index < -0.39 is 10.0 Å². The van der Waals surface area contributed by atoms with Gasteiger partial charge in [-0.3, -0.25) is 0 Å². The van der Waals surface area contributed by atoms with Crippen molar-refractivity contribution in [3.8, 4) is 0 Å². The Balaban J connectivity index is 1.86. The molecule has 4 rings (SSSR count). The molecule has 0 spiro atoms. The summed E-state index contributed by atoms with van der Waals surface area (Å²) >= 11 is 0. The number of hydrogen-bond donors (Lipinski definition) is 1. The van der Waals surface area contributed by atoms with Gasteiger partial charge < -0.3 is 4.57 Å². The summed E-state index contributed by atoms with van der Waals surface area (Å²) in [6.07, 6.45) is 3.85. The van der Waals surface area contributed by atoms with E-state index in [1.165, 1.54) is 12.1 Å². The Bertz CT molecular complexity index is 1230. The highest BCUT2D eigenvalue weighted by molar-refractivity contribution is 7.89. The topological polar surface area (TPSA) is 90.9 Å². The minimum Gasteiger partial charge on any atom is -0.340 e. The highest BCUT2D eigenvalue weighted by Gasteiger charge is 2.15. The van der Waals surface area contributed by atoms with Crippen LogP contribution < -0.4 is 5.14 Å². The fourth-order valence-corrected chi connectivity index (χ4v) is 3.75. The normalized spacial score (nSPS) is 13.3. The summed E-state index contributed by atoms with van der Waals surface area (Å²) in [6.45, 7) is 4.01. The van der Waals surface area contributed by atoms with Gasteiger partial charge in [0, 0.05) is 28.9 Å². The number of aryl methyl sites for hydroxylation is 1. The van der Waals surface area contributed by atoms with Crippen molar-refractivity contribution in [1.29, 1.82) is 0 Å². The number of rotatable bonds is 3. The first kappa shape index (κ1) is 16.7. The molecule has 0 aliphatic heterocycles. The molecule has 0 aliphatic rings. The lowest BCUT2D eigenvalue weighted by atomic mass is 10.1. The van der Waals surface area contributed by atoms with Crippen LogP contribution in [0.25, 0.3) is 21.9 Å². The van der Waals surface area contributed by atoms with Gasteiger partial charge in [0.15, 0.2) is 5.65 Å². The molecule has 4 aromatic rings. The van der Waals surface area contributed by atoms with E-state index in [4.69, 9.17) is 5.14 Å². The van der Waals surface area contributed by atoms with Gasteiger partial charge in [0.05, 0.1) is 16.5 Å². The zero-order valence-corrected chi connectivity index (χ0v) is 15.2. The van der Waals surface area contributed by atoms with Crippen LogP contribution in [0.2, 0.25) is 0 Å². The molecule has 1 atom stereocenters. The van der Waals surface area contributed by atoms with Gasteiger partial charge in [-0.05, 0) is 49.7 Å². The summed E-state index contributed by atoms with van der Waals surface area (Å²) in [5.74, 6) is 0.